The van der Waals surface area contributed by atoms with Crippen LogP contribution in [0, 0.1) is 0 Å². The zero-order valence-corrected chi connectivity index (χ0v) is 16.5. The van der Waals surface area contributed by atoms with E-state index in [1.807, 2.05) is 30.3 Å². The highest BCUT2D eigenvalue weighted by Gasteiger charge is 2.15. The highest BCUT2D eigenvalue weighted by Crippen LogP contribution is 2.32. The summed E-state index contributed by atoms with van der Waals surface area (Å²) in [4.78, 5) is 18.6. The average Bonchev–Trinajstić information content (AvgIpc) is 2.74. The van der Waals surface area contributed by atoms with Gasteiger partial charge in [0, 0.05) is 12.6 Å². The number of nitrogens with zero attached hydrogens (tertiary/aromatic N) is 4. The molecule has 1 aliphatic rings. The van der Waals surface area contributed by atoms with Gasteiger partial charge in [0.1, 0.15) is 12.3 Å². The topological polar surface area (TPSA) is 114 Å². The molecule has 0 spiro atoms. The molecule has 2 heterocycles. The number of benzene rings is 1. The van der Waals surface area contributed by atoms with Gasteiger partial charge in [-0.2, -0.15) is 5.11 Å². The number of nitrogens with one attached hydrogen (secondary N) is 1. The van der Waals surface area contributed by atoms with Crippen molar-refractivity contribution in [3.63, 3.8) is 0 Å². The lowest BCUT2D eigenvalue weighted by Gasteiger charge is -2.25. The van der Waals surface area contributed by atoms with Crippen LogP contribution in [0.15, 0.2) is 46.6 Å². The first kappa shape index (κ1) is 20.5. The van der Waals surface area contributed by atoms with E-state index in [0.717, 1.165) is 19.6 Å². The Morgan fingerprint density at radius 1 is 1.21 bits per heavy atom. The molecule has 1 saturated heterocycles. The molecule has 2 aromatic rings. The van der Waals surface area contributed by atoms with Crippen molar-refractivity contribution < 1.29 is 14.3 Å². The summed E-state index contributed by atoms with van der Waals surface area (Å²) in [6.07, 6.45) is 3.05. The predicted molar refractivity (Wildman–Crippen MR) is 111 cm³/mol. The smallest absolute Gasteiger partial charge is 0.412 e. The van der Waals surface area contributed by atoms with Crippen molar-refractivity contribution in [3.05, 3.63) is 36.4 Å². The number of carbonyl (C=O) groups excluding carboxylic acids is 1. The number of carbonyl (C=O) groups is 1. The van der Waals surface area contributed by atoms with E-state index in [9.17, 15) is 4.79 Å². The predicted octanol–water partition coefficient (Wildman–Crippen LogP) is 4.12. The summed E-state index contributed by atoms with van der Waals surface area (Å²) in [7, 11) is 1.47. The molecule has 0 radical (unpaired) electrons. The number of nitrogens with two attached hydrogens (primary N) is 1. The van der Waals surface area contributed by atoms with E-state index in [2.05, 4.69) is 25.4 Å². The van der Waals surface area contributed by atoms with Crippen molar-refractivity contribution in [3.8, 4) is 5.75 Å². The van der Waals surface area contributed by atoms with Crippen LogP contribution in [0.2, 0.25) is 0 Å². The van der Waals surface area contributed by atoms with Crippen LogP contribution in [-0.2, 0) is 4.74 Å². The highest BCUT2D eigenvalue weighted by molar-refractivity contribution is 5.86. The maximum Gasteiger partial charge on any atom is 0.412 e. The van der Waals surface area contributed by atoms with Gasteiger partial charge in [-0.3, -0.25) is 10.2 Å². The zero-order valence-electron chi connectivity index (χ0n) is 16.5. The molecule has 1 amide bonds. The Kier molecular flexibility index (Phi) is 7.34. The molecule has 9 heteroatoms. The molecule has 1 aliphatic heterocycles. The molecular weight excluding hydrogens is 372 g/mol. The van der Waals surface area contributed by atoms with Gasteiger partial charge in [0.2, 0.25) is 0 Å². The van der Waals surface area contributed by atoms with E-state index >= 15 is 0 Å². The average molecular weight is 398 g/mol. The van der Waals surface area contributed by atoms with Crippen molar-refractivity contribution in [1.82, 2.24) is 9.88 Å². The summed E-state index contributed by atoms with van der Waals surface area (Å²) >= 11 is 0. The quantitative estimate of drug-likeness (QED) is 0.678. The van der Waals surface area contributed by atoms with Crippen molar-refractivity contribution in [2.24, 2.45) is 10.2 Å². The summed E-state index contributed by atoms with van der Waals surface area (Å²) in [6, 6.07) is 10.8. The van der Waals surface area contributed by atoms with Crippen molar-refractivity contribution in [2.75, 3.05) is 44.4 Å². The molecule has 0 atom stereocenters. The van der Waals surface area contributed by atoms with Gasteiger partial charge in [0.25, 0.3) is 0 Å². The van der Waals surface area contributed by atoms with Crippen molar-refractivity contribution >= 4 is 29.1 Å². The Labute approximate surface area is 169 Å². The lowest BCUT2D eigenvalue weighted by molar-refractivity contribution is 0.131. The summed E-state index contributed by atoms with van der Waals surface area (Å²) in [5.74, 6) is 0.606. The van der Waals surface area contributed by atoms with Gasteiger partial charge in [-0.1, -0.05) is 24.6 Å². The molecule has 154 valence electrons. The normalized spacial score (nSPS) is 14.7. The fraction of sp³-hybridized carbons (Fsp3) is 0.400. The van der Waals surface area contributed by atoms with E-state index in [0.29, 0.717) is 23.7 Å². The standard InChI is InChI=1S/C20H26N6O3/c1-28-17-14-16(25-24-15-8-4-2-5-9-15)18(21)22-19(17)23-20(27)29-13-12-26-10-6-3-7-11-26/h2,4-5,8-9,14H,3,6-7,10-13H2,1H3,(H3,21,22,23,27). The largest absolute Gasteiger partial charge is 0.493 e. The molecule has 29 heavy (non-hydrogen) atoms. The van der Waals surface area contributed by atoms with Crippen LogP contribution in [0.3, 0.4) is 0 Å². The van der Waals surface area contributed by atoms with Gasteiger partial charge in [-0.15, -0.1) is 5.11 Å². The second-order valence-corrected chi connectivity index (χ2v) is 6.64. The lowest BCUT2D eigenvalue weighted by Crippen LogP contribution is -2.33. The Morgan fingerprint density at radius 3 is 2.69 bits per heavy atom. The first-order chi connectivity index (χ1) is 14.2. The number of amides is 1. The molecule has 0 bridgehead atoms. The molecule has 3 N–H and O–H groups in total. The number of ether oxygens (including phenoxy) is 2. The van der Waals surface area contributed by atoms with Crippen LogP contribution in [0.4, 0.5) is 27.8 Å². The number of hydrogen-bond acceptors (Lipinski definition) is 8. The van der Waals surface area contributed by atoms with Crippen LogP contribution in [0.25, 0.3) is 0 Å². The van der Waals surface area contributed by atoms with E-state index in [4.69, 9.17) is 15.2 Å². The number of azo groups is 1. The van der Waals surface area contributed by atoms with E-state index in [1.54, 1.807) is 6.07 Å². The van der Waals surface area contributed by atoms with Crippen molar-refractivity contribution in [2.45, 2.75) is 19.3 Å². The van der Waals surface area contributed by atoms with E-state index in [1.165, 1.54) is 26.4 Å². The Bertz CT molecular complexity index is 838. The lowest BCUT2D eigenvalue weighted by atomic mass is 10.1. The Morgan fingerprint density at radius 2 is 1.97 bits per heavy atom. The zero-order chi connectivity index (χ0) is 20.5. The van der Waals surface area contributed by atoms with Gasteiger partial charge < -0.3 is 15.2 Å². The molecule has 1 aromatic carbocycles. The highest BCUT2D eigenvalue weighted by atomic mass is 16.5. The van der Waals surface area contributed by atoms with Crippen LogP contribution < -0.4 is 15.8 Å². The number of piperidine rings is 1. The van der Waals surface area contributed by atoms with Gasteiger partial charge >= 0.3 is 6.09 Å². The van der Waals surface area contributed by atoms with Crippen LogP contribution >= 0.6 is 0 Å². The maximum atomic E-state index is 12.1. The second-order valence-electron chi connectivity index (χ2n) is 6.64. The third kappa shape index (κ3) is 6.15. The SMILES string of the molecule is COc1cc(N=Nc2ccccc2)c(N)nc1NC(=O)OCCN1CCCCC1. The van der Waals surface area contributed by atoms with Crippen LogP contribution in [-0.4, -0.2) is 49.3 Å². The minimum atomic E-state index is -0.606. The van der Waals surface area contributed by atoms with Crippen LogP contribution in [0.5, 0.6) is 5.75 Å². The molecule has 0 saturated carbocycles. The molecular formula is C20H26N6O3. The minimum Gasteiger partial charge on any atom is -0.493 e. The Hall–Kier alpha value is -3.20. The number of hydrogen-bond donors (Lipinski definition) is 2. The summed E-state index contributed by atoms with van der Waals surface area (Å²) < 4.78 is 10.5. The number of aromatic nitrogens is 1. The third-order valence-corrected chi connectivity index (χ3v) is 4.56. The maximum absolute atomic E-state index is 12.1. The number of likely N-dealkylation sites (tertiary alicyclic amines) is 1. The number of nitrogen functional groups attached to an aromatic ring is 1. The molecule has 3 rings (SSSR count). The number of rotatable bonds is 7. The summed E-state index contributed by atoms with van der Waals surface area (Å²) in [5.41, 5.74) is 6.99. The minimum absolute atomic E-state index is 0.120. The molecule has 1 fully saturated rings. The number of methoxy groups -OCH3 is 1. The first-order valence-corrected chi connectivity index (χ1v) is 9.63. The molecule has 1 aromatic heterocycles. The third-order valence-electron chi connectivity index (χ3n) is 4.56. The number of anilines is 2. The second kappa shape index (κ2) is 10.4. The Balaban J connectivity index is 1.59. The van der Waals surface area contributed by atoms with Gasteiger partial charge in [-0.25, -0.2) is 9.78 Å². The summed E-state index contributed by atoms with van der Waals surface area (Å²) in [6.45, 7) is 3.14. The molecule has 9 nitrogen and oxygen atoms in total. The fourth-order valence-electron chi connectivity index (χ4n) is 3.01. The summed E-state index contributed by atoms with van der Waals surface area (Å²) in [5, 5.41) is 10.8. The molecule has 0 aliphatic carbocycles. The van der Waals surface area contributed by atoms with Crippen molar-refractivity contribution in [1.29, 1.82) is 0 Å². The monoisotopic (exact) mass is 398 g/mol. The van der Waals surface area contributed by atoms with Gasteiger partial charge in [0.05, 0.1) is 12.8 Å². The fourth-order valence-corrected chi connectivity index (χ4v) is 3.01. The van der Waals surface area contributed by atoms with Crippen LogP contribution in [0.1, 0.15) is 19.3 Å². The van der Waals surface area contributed by atoms with E-state index in [-0.39, 0.29) is 11.6 Å². The van der Waals surface area contributed by atoms with Gasteiger partial charge in [-0.05, 0) is 38.1 Å². The van der Waals surface area contributed by atoms with E-state index < -0.39 is 6.09 Å². The van der Waals surface area contributed by atoms with Gasteiger partial charge in [0.15, 0.2) is 17.4 Å². The number of pyridine rings is 1. The first-order valence-electron chi connectivity index (χ1n) is 9.63. The molecule has 0 unspecified atom stereocenters.